The number of hydrogen-bond acceptors (Lipinski definition) is 4. The van der Waals surface area contributed by atoms with E-state index in [4.69, 9.17) is 16.3 Å². The summed E-state index contributed by atoms with van der Waals surface area (Å²) in [5.74, 6) is 0.697. The van der Waals surface area contributed by atoms with E-state index < -0.39 is 11.0 Å². The molecule has 1 atom stereocenters. The third-order valence-corrected chi connectivity index (χ3v) is 2.99. The quantitative estimate of drug-likeness (QED) is 0.680. The number of benzene rings is 2. The first kappa shape index (κ1) is 14.3. The van der Waals surface area contributed by atoms with Crippen LogP contribution in [0.5, 0.6) is 11.5 Å². The lowest BCUT2D eigenvalue weighted by atomic mass is 10.1. The largest absolute Gasteiger partial charge is 0.456 e. The van der Waals surface area contributed by atoms with Crippen LogP contribution < -0.4 is 4.74 Å². The molecule has 2 aromatic carbocycles. The van der Waals surface area contributed by atoms with Gasteiger partial charge in [-0.05, 0) is 30.7 Å². The van der Waals surface area contributed by atoms with Gasteiger partial charge in [0.2, 0.25) is 0 Å². The maximum absolute atomic E-state index is 10.7. The monoisotopic (exact) mass is 293 g/mol. The lowest BCUT2D eigenvalue weighted by molar-refractivity contribution is -0.384. The molecule has 0 radical (unpaired) electrons. The molecule has 0 spiro atoms. The van der Waals surface area contributed by atoms with Gasteiger partial charge >= 0.3 is 0 Å². The predicted octanol–water partition coefficient (Wildman–Crippen LogP) is 4.09. The Kier molecular flexibility index (Phi) is 4.22. The van der Waals surface area contributed by atoms with Gasteiger partial charge in [0, 0.05) is 6.07 Å². The molecule has 5 nitrogen and oxygen atoms in total. The molecule has 0 bridgehead atoms. The molecule has 0 heterocycles. The number of halogens is 1. The molecule has 0 saturated heterocycles. The number of nitro benzene ring substituents is 1. The van der Waals surface area contributed by atoms with Crippen molar-refractivity contribution in [2.75, 3.05) is 0 Å². The van der Waals surface area contributed by atoms with Crippen LogP contribution in [0.1, 0.15) is 18.6 Å². The van der Waals surface area contributed by atoms with Gasteiger partial charge in [-0.3, -0.25) is 10.1 Å². The number of rotatable bonds is 4. The highest BCUT2D eigenvalue weighted by Crippen LogP contribution is 2.32. The summed E-state index contributed by atoms with van der Waals surface area (Å²) in [6.07, 6.45) is -0.626. The van der Waals surface area contributed by atoms with E-state index in [-0.39, 0.29) is 5.69 Å². The van der Waals surface area contributed by atoms with Gasteiger partial charge < -0.3 is 9.84 Å². The second-order valence-electron chi connectivity index (χ2n) is 4.22. The normalized spacial score (nSPS) is 11.9. The first-order valence-corrected chi connectivity index (χ1v) is 6.25. The Morgan fingerprint density at radius 1 is 1.30 bits per heavy atom. The Bertz CT molecular complexity index is 643. The van der Waals surface area contributed by atoms with E-state index in [1.165, 1.54) is 18.2 Å². The maximum atomic E-state index is 10.7. The van der Waals surface area contributed by atoms with Crippen LogP contribution in [0, 0.1) is 10.1 Å². The molecule has 0 fully saturated rings. The summed E-state index contributed by atoms with van der Waals surface area (Å²) in [6, 6.07) is 10.7. The Balaban J connectivity index is 2.26. The molecule has 0 saturated carbocycles. The van der Waals surface area contributed by atoms with Gasteiger partial charge in [0.15, 0.2) is 0 Å². The highest BCUT2D eigenvalue weighted by atomic mass is 35.5. The minimum absolute atomic E-state index is 0.0563. The summed E-state index contributed by atoms with van der Waals surface area (Å²) in [7, 11) is 0. The van der Waals surface area contributed by atoms with E-state index in [0.717, 1.165) is 0 Å². The van der Waals surface area contributed by atoms with Crippen molar-refractivity contribution in [1.29, 1.82) is 0 Å². The molecule has 0 aromatic heterocycles. The molecular weight excluding hydrogens is 282 g/mol. The topological polar surface area (TPSA) is 72.6 Å². The smallest absolute Gasteiger partial charge is 0.273 e. The molecule has 0 aliphatic carbocycles. The van der Waals surface area contributed by atoms with E-state index in [1.54, 1.807) is 31.2 Å². The molecule has 0 aliphatic rings. The van der Waals surface area contributed by atoms with Crippen LogP contribution in [0.15, 0.2) is 42.5 Å². The molecule has 2 rings (SSSR count). The molecule has 104 valence electrons. The zero-order valence-electron chi connectivity index (χ0n) is 10.6. The fraction of sp³-hybridized carbons (Fsp3) is 0.143. The SMILES string of the molecule is CC(O)c1ccc(Oc2cccc([N+](=O)[O-])c2)c(Cl)c1. The number of aliphatic hydroxyl groups is 1. The zero-order chi connectivity index (χ0) is 14.7. The van der Waals surface area contributed by atoms with Crippen LogP contribution in [0.2, 0.25) is 5.02 Å². The fourth-order valence-electron chi connectivity index (χ4n) is 1.65. The van der Waals surface area contributed by atoms with E-state index in [1.807, 2.05) is 0 Å². The van der Waals surface area contributed by atoms with Crippen molar-refractivity contribution in [3.63, 3.8) is 0 Å². The summed E-state index contributed by atoms with van der Waals surface area (Å²) in [4.78, 5) is 10.2. The fourth-order valence-corrected chi connectivity index (χ4v) is 1.87. The van der Waals surface area contributed by atoms with Crippen molar-refractivity contribution >= 4 is 17.3 Å². The van der Waals surface area contributed by atoms with Crippen molar-refractivity contribution in [3.8, 4) is 11.5 Å². The highest BCUT2D eigenvalue weighted by molar-refractivity contribution is 6.32. The Labute approximate surface area is 120 Å². The second kappa shape index (κ2) is 5.90. The second-order valence-corrected chi connectivity index (χ2v) is 4.63. The standard InChI is InChI=1S/C14H12ClNO4/c1-9(17)10-5-6-14(13(15)7-10)20-12-4-2-3-11(8-12)16(18)19/h2-9,17H,1H3. The summed E-state index contributed by atoms with van der Waals surface area (Å²) in [5.41, 5.74) is 0.612. The number of non-ortho nitro benzene ring substituents is 1. The average Bonchev–Trinajstić information content (AvgIpc) is 2.41. The van der Waals surface area contributed by atoms with Crippen molar-refractivity contribution in [3.05, 3.63) is 63.2 Å². The van der Waals surface area contributed by atoms with Crippen molar-refractivity contribution < 1.29 is 14.8 Å². The Morgan fingerprint density at radius 3 is 2.65 bits per heavy atom. The summed E-state index contributed by atoms with van der Waals surface area (Å²) < 4.78 is 5.52. The molecule has 6 heteroatoms. The van der Waals surface area contributed by atoms with Crippen LogP contribution in [-0.2, 0) is 0 Å². The van der Waals surface area contributed by atoms with Gasteiger partial charge in [0.25, 0.3) is 5.69 Å². The zero-order valence-corrected chi connectivity index (χ0v) is 11.4. The number of ether oxygens (including phenoxy) is 1. The van der Waals surface area contributed by atoms with Crippen molar-refractivity contribution in [2.45, 2.75) is 13.0 Å². The van der Waals surface area contributed by atoms with E-state index in [9.17, 15) is 15.2 Å². The first-order chi connectivity index (χ1) is 9.47. The third kappa shape index (κ3) is 3.26. The Hall–Kier alpha value is -2.11. The van der Waals surface area contributed by atoms with Gasteiger partial charge in [-0.15, -0.1) is 0 Å². The highest BCUT2D eigenvalue weighted by Gasteiger charge is 2.10. The van der Waals surface area contributed by atoms with Gasteiger partial charge in [0.1, 0.15) is 11.5 Å². The van der Waals surface area contributed by atoms with Crippen LogP contribution in [0.4, 0.5) is 5.69 Å². The Morgan fingerprint density at radius 2 is 2.05 bits per heavy atom. The van der Waals surface area contributed by atoms with E-state index >= 15 is 0 Å². The molecule has 0 aliphatic heterocycles. The predicted molar refractivity (Wildman–Crippen MR) is 75.3 cm³/mol. The molecular formula is C14H12ClNO4. The average molecular weight is 294 g/mol. The number of aliphatic hydroxyl groups excluding tert-OH is 1. The van der Waals surface area contributed by atoms with Crippen molar-refractivity contribution in [1.82, 2.24) is 0 Å². The summed E-state index contributed by atoms with van der Waals surface area (Å²) >= 11 is 6.06. The minimum atomic E-state index is -0.626. The van der Waals surface area contributed by atoms with E-state index in [0.29, 0.717) is 22.1 Å². The molecule has 1 unspecified atom stereocenters. The van der Waals surface area contributed by atoms with Gasteiger partial charge in [-0.2, -0.15) is 0 Å². The third-order valence-electron chi connectivity index (χ3n) is 2.69. The van der Waals surface area contributed by atoms with Gasteiger partial charge in [-0.1, -0.05) is 23.7 Å². The van der Waals surface area contributed by atoms with Crippen LogP contribution in [-0.4, -0.2) is 10.0 Å². The lowest BCUT2D eigenvalue weighted by Crippen LogP contribution is -1.93. The van der Waals surface area contributed by atoms with Gasteiger partial charge in [0.05, 0.1) is 22.1 Å². The van der Waals surface area contributed by atoms with Crippen LogP contribution in [0.3, 0.4) is 0 Å². The number of nitrogens with zero attached hydrogens (tertiary/aromatic N) is 1. The lowest BCUT2D eigenvalue weighted by Gasteiger charge is -2.10. The molecule has 20 heavy (non-hydrogen) atoms. The number of hydrogen-bond donors (Lipinski definition) is 1. The summed E-state index contributed by atoms with van der Waals surface area (Å²) in [5, 5.41) is 20.5. The molecule has 2 aromatic rings. The summed E-state index contributed by atoms with van der Waals surface area (Å²) in [6.45, 7) is 1.63. The first-order valence-electron chi connectivity index (χ1n) is 5.87. The van der Waals surface area contributed by atoms with Crippen molar-refractivity contribution in [2.24, 2.45) is 0 Å². The molecule has 1 N–H and O–H groups in total. The van der Waals surface area contributed by atoms with Crippen LogP contribution in [0.25, 0.3) is 0 Å². The number of nitro groups is 1. The van der Waals surface area contributed by atoms with Gasteiger partial charge in [-0.25, -0.2) is 0 Å². The van der Waals surface area contributed by atoms with Crippen LogP contribution >= 0.6 is 11.6 Å². The maximum Gasteiger partial charge on any atom is 0.273 e. The molecule has 0 amide bonds. The minimum Gasteiger partial charge on any atom is -0.456 e. The van der Waals surface area contributed by atoms with E-state index in [2.05, 4.69) is 0 Å².